The van der Waals surface area contributed by atoms with E-state index in [-0.39, 0.29) is 22.1 Å². The standard InChI is InChI=1S/C19H16N6O2S2/c1-12(24-19-14(10-20)18(21)22-11-23-19)15-9-16-17(7-8-28-16)29(26,27)25(15)13-5-3-2-4-6-13/h2-9,11-12H,1H3,(H3,21,22,23,24)/t12-/m0/s1. The average molecular weight is 425 g/mol. The van der Waals surface area contributed by atoms with Crippen molar-refractivity contribution < 1.29 is 8.42 Å². The SMILES string of the molecule is C[C@H](Nc1ncnc(N)c1C#N)C1=Cc2sccc2S(=O)(=O)N1c1ccccc1. The summed E-state index contributed by atoms with van der Waals surface area (Å²) in [5.74, 6) is 0.304. The number of hydrogen-bond donors (Lipinski definition) is 2. The van der Waals surface area contributed by atoms with Crippen molar-refractivity contribution in [1.82, 2.24) is 9.97 Å². The Bertz CT molecular complexity index is 1250. The Hall–Kier alpha value is -3.42. The first-order valence-electron chi connectivity index (χ1n) is 8.60. The van der Waals surface area contributed by atoms with Crippen LogP contribution in [0.1, 0.15) is 17.4 Å². The van der Waals surface area contributed by atoms with Gasteiger partial charge in [-0.05, 0) is 36.6 Å². The molecule has 1 aliphatic rings. The molecule has 8 nitrogen and oxygen atoms in total. The number of nitriles is 1. The highest BCUT2D eigenvalue weighted by molar-refractivity contribution is 7.93. The first-order valence-corrected chi connectivity index (χ1v) is 10.9. The van der Waals surface area contributed by atoms with Gasteiger partial charge in [-0.15, -0.1) is 11.3 Å². The second-order valence-corrected chi connectivity index (χ2v) is 8.99. The molecule has 0 fully saturated rings. The maximum absolute atomic E-state index is 13.4. The predicted molar refractivity (Wildman–Crippen MR) is 113 cm³/mol. The lowest BCUT2D eigenvalue weighted by molar-refractivity contribution is 0.592. The Labute approximate surface area is 172 Å². The van der Waals surface area contributed by atoms with E-state index in [2.05, 4.69) is 15.3 Å². The fourth-order valence-electron chi connectivity index (χ4n) is 3.11. The number of anilines is 3. The van der Waals surface area contributed by atoms with E-state index < -0.39 is 16.1 Å². The van der Waals surface area contributed by atoms with E-state index in [0.717, 1.165) is 0 Å². The van der Waals surface area contributed by atoms with Crippen LogP contribution in [0.4, 0.5) is 17.3 Å². The van der Waals surface area contributed by atoms with Crippen molar-refractivity contribution in [2.24, 2.45) is 0 Å². The molecule has 2 aromatic heterocycles. The van der Waals surface area contributed by atoms with Gasteiger partial charge in [0.1, 0.15) is 34.5 Å². The third-order valence-corrected chi connectivity index (χ3v) is 7.27. The molecule has 0 radical (unpaired) electrons. The molecule has 3 aromatic rings. The van der Waals surface area contributed by atoms with Crippen molar-refractivity contribution in [2.45, 2.75) is 17.9 Å². The molecule has 1 aliphatic heterocycles. The Morgan fingerprint density at radius 3 is 2.72 bits per heavy atom. The van der Waals surface area contributed by atoms with Gasteiger partial charge >= 0.3 is 0 Å². The topological polar surface area (TPSA) is 125 Å². The summed E-state index contributed by atoms with van der Waals surface area (Å²) in [6, 6.07) is 11.9. The summed E-state index contributed by atoms with van der Waals surface area (Å²) in [6.07, 6.45) is 3.09. The largest absolute Gasteiger partial charge is 0.382 e. The van der Waals surface area contributed by atoms with Crippen molar-refractivity contribution in [3.63, 3.8) is 0 Å². The zero-order chi connectivity index (χ0) is 20.6. The summed E-state index contributed by atoms with van der Waals surface area (Å²) >= 11 is 1.35. The van der Waals surface area contributed by atoms with Crippen LogP contribution in [-0.2, 0) is 10.0 Å². The Balaban J connectivity index is 1.82. The summed E-state index contributed by atoms with van der Waals surface area (Å²) in [5, 5.41) is 14.2. The maximum atomic E-state index is 13.4. The zero-order valence-electron chi connectivity index (χ0n) is 15.3. The molecule has 0 saturated carbocycles. The molecular weight excluding hydrogens is 408 g/mol. The Morgan fingerprint density at radius 2 is 2.00 bits per heavy atom. The summed E-state index contributed by atoms with van der Waals surface area (Å²) in [7, 11) is -3.79. The van der Waals surface area contributed by atoms with Crippen LogP contribution in [0.15, 0.2) is 58.7 Å². The van der Waals surface area contributed by atoms with E-state index in [0.29, 0.717) is 16.3 Å². The molecular formula is C19H16N6O2S2. The summed E-state index contributed by atoms with van der Waals surface area (Å²) < 4.78 is 28.1. The van der Waals surface area contributed by atoms with E-state index in [9.17, 15) is 13.7 Å². The minimum atomic E-state index is -3.79. The van der Waals surface area contributed by atoms with Crippen LogP contribution in [0, 0.1) is 11.3 Å². The van der Waals surface area contributed by atoms with Crippen LogP contribution in [0.3, 0.4) is 0 Å². The highest BCUT2D eigenvalue weighted by Crippen LogP contribution is 2.39. The van der Waals surface area contributed by atoms with E-state index in [1.165, 1.54) is 22.0 Å². The van der Waals surface area contributed by atoms with E-state index in [1.54, 1.807) is 42.6 Å². The normalized spacial score (nSPS) is 15.7. The smallest absolute Gasteiger partial charge is 0.269 e. The van der Waals surface area contributed by atoms with Gasteiger partial charge in [-0.3, -0.25) is 0 Å². The molecule has 146 valence electrons. The number of hydrogen-bond acceptors (Lipinski definition) is 8. The molecule has 0 spiro atoms. The number of benzene rings is 1. The van der Waals surface area contributed by atoms with Crippen molar-refractivity contribution in [2.75, 3.05) is 15.4 Å². The monoisotopic (exact) mass is 424 g/mol. The lowest BCUT2D eigenvalue weighted by atomic mass is 10.1. The second-order valence-electron chi connectivity index (χ2n) is 6.28. The number of fused-ring (bicyclic) bond motifs is 1. The van der Waals surface area contributed by atoms with Gasteiger partial charge in [0, 0.05) is 4.88 Å². The van der Waals surface area contributed by atoms with Gasteiger partial charge in [-0.25, -0.2) is 22.7 Å². The molecule has 10 heteroatoms. The molecule has 1 aromatic carbocycles. The third-order valence-electron chi connectivity index (χ3n) is 4.47. The molecule has 0 saturated heterocycles. The highest BCUT2D eigenvalue weighted by Gasteiger charge is 2.36. The maximum Gasteiger partial charge on any atom is 0.269 e. The lowest BCUT2D eigenvalue weighted by Crippen LogP contribution is -2.39. The molecule has 0 amide bonds. The van der Waals surface area contributed by atoms with Crippen molar-refractivity contribution in [1.29, 1.82) is 5.26 Å². The van der Waals surface area contributed by atoms with Gasteiger partial charge in [-0.2, -0.15) is 5.26 Å². The van der Waals surface area contributed by atoms with Gasteiger partial charge in [0.25, 0.3) is 10.0 Å². The number of thiophene rings is 1. The number of nitrogens with zero attached hydrogens (tertiary/aromatic N) is 4. The van der Waals surface area contributed by atoms with Gasteiger partial charge in [0.05, 0.1) is 17.4 Å². The van der Waals surface area contributed by atoms with Crippen molar-refractivity contribution in [3.05, 3.63) is 64.2 Å². The summed E-state index contributed by atoms with van der Waals surface area (Å²) in [5.41, 5.74) is 6.90. The van der Waals surface area contributed by atoms with Crippen LogP contribution in [0.2, 0.25) is 0 Å². The van der Waals surface area contributed by atoms with Gasteiger partial charge in [0.2, 0.25) is 0 Å². The zero-order valence-corrected chi connectivity index (χ0v) is 16.9. The van der Waals surface area contributed by atoms with Crippen LogP contribution in [0.25, 0.3) is 6.08 Å². The molecule has 0 unspecified atom stereocenters. The third kappa shape index (κ3) is 3.20. The van der Waals surface area contributed by atoms with E-state index in [1.807, 2.05) is 18.2 Å². The first kappa shape index (κ1) is 18.9. The number of aromatic nitrogens is 2. The molecule has 3 N–H and O–H groups in total. The lowest BCUT2D eigenvalue weighted by Gasteiger charge is -2.33. The van der Waals surface area contributed by atoms with Crippen molar-refractivity contribution >= 4 is 44.8 Å². The molecule has 3 heterocycles. The number of sulfonamides is 1. The van der Waals surface area contributed by atoms with Crippen LogP contribution in [-0.4, -0.2) is 24.4 Å². The molecule has 29 heavy (non-hydrogen) atoms. The Morgan fingerprint density at radius 1 is 1.24 bits per heavy atom. The van der Waals surface area contributed by atoms with Gasteiger partial charge in [-0.1, -0.05) is 18.2 Å². The number of para-hydroxylation sites is 1. The number of nitrogens with two attached hydrogens (primary N) is 1. The van der Waals surface area contributed by atoms with Crippen molar-refractivity contribution in [3.8, 4) is 6.07 Å². The van der Waals surface area contributed by atoms with Gasteiger partial charge < -0.3 is 11.1 Å². The average Bonchev–Trinajstić information content (AvgIpc) is 3.18. The quantitative estimate of drug-likeness (QED) is 0.659. The van der Waals surface area contributed by atoms with E-state index >= 15 is 0 Å². The fourth-order valence-corrected chi connectivity index (χ4v) is 6.02. The molecule has 4 rings (SSSR count). The number of nitrogen functional groups attached to an aromatic ring is 1. The molecule has 1 atom stereocenters. The van der Waals surface area contributed by atoms with E-state index in [4.69, 9.17) is 5.73 Å². The Kier molecular flexibility index (Phi) is 4.70. The van der Waals surface area contributed by atoms with Gasteiger partial charge in [0.15, 0.2) is 0 Å². The summed E-state index contributed by atoms with van der Waals surface area (Å²) in [4.78, 5) is 8.85. The summed E-state index contributed by atoms with van der Waals surface area (Å²) in [6.45, 7) is 1.80. The fraction of sp³-hybridized carbons (Fsp3) is 0.105. The predicted octanol–water partition coefficient (Wildman–Crippen LogP) is 3.04. The highest BCUT2D eigenvalue weighted by atomic mass is 32.2. The molecule has 0 bridgehead atoms. The minimum absolute atomic E-state index is 0.0582. The second kappa shape index (κ2) is 7.20. The number of rotatable bonds is 4. The van der Waals surface area contributed by atoms with Crippen LogP contribution >= 0.6 is 11.3 Å². The molecule has 0 aliphatic carbocycles. The minimum Gasteiger partial charge on any atom is -0.382 e. The van der Waals surface area contributed by atoms with Crippen LogP contribution in [0.5, 0.6) is 0 Å². The van der Waals surface area contributed by atoms with Crippen LogP contribution < -0.4 is 15.4 Å². The first-order chi connectivity index (χ1) is 13.9. The number of nitrogens with one attached hydrogen (secondary N) is 1.